The molecule has 146 valence electrons. The fraction of sp³-hybridized carbons (Fsp3) is 0.636. The van der Waals surface area contributed by atoms with Crippen LogP contribution in [-0.4, -0.2) is 28.5 Å². The van der Waals surface area contributed by atoms with E-state index in [0.29, 0.717) is 36.4 Å². The second kappa shape index (κ2) is 6.93. The number of nitrogens with one attached hydrogen (secondary N) is 1. The Hall–Kier alpha value is -1.88. The Balaban J connectivity index is 1.49. The maximum Gasteiger partial charge on any atom is 0.274 e. The minimum absolute atomic E-state index is 0.220. The van der Waals surface area contributed by atoms with Crippen LogP contribution in [0.15, 0.2) is 18.2 Å². The van der Waals surface area contributed by atoms with Gasteiger partial charge in [-0.2, -0.15) is 0 Å². The Bertz CT molecular complexity index is 742. The lowest BCUT2D eigenvalue weighted by Gasteiger charge is -2.48. The fourth-order valence-corrected chi connectivity index (χ4v) is 6.08. The number of amides is 2. The molecule has 4 rings (SSSR count). The molecule has 2 aliphatic carbocycles. The number of fused-ring (bicyclic) bond motifs is 3. The second-order valence-electron chi connectivity index (χ2n) is 9.41. The van der Waals surface area contributed by atoms with Crippen LogP contribution in [0.3, 0.4) is 0 Å². The van der Waals surface area contributed by atoms with E-state index in [2.05, 4.69) is 13.8 Å². The highest BCUT2D eigenvalue weighted by Crippen LogP contribution is 2.51. The van der Waals surface area contributed by atoms with Crippen LogP contribution in [-0.2, 0) is 17.8 Å². The highest BCUT2D eigenvalue weighted by molar-refractivity contribution is 5.93. The summed E-state index contributed by atoms with van der Waals surface area (Å²) in [4.78, 5) is 27.1. The van der Waals surface area contributed by atoms with E-state index >= 15 is 0 Å². The van der Waals surface area contributed by atoms with Crippen LogP contribution < -0.4 is 5.48 Å². The van der Waals surface area contributed by atoms with Gasteiger partial charge in [-0.05, 0) is 79.5 Å². The van der Waals surface area contributed by atoms with E-state index in [1.165, 1.54) is 19.3 Å². The lowest BCUT2D eigenvalue weighted by atomic mass is 9.59. The van der Waals surface area contributed by atoms with Crippen LogP contribution in [0.25, 0.3) is 0 Å². The topological polar surface area (TPSA) is 69.6 Å². The number of rotatable bonds is 2. The SMILES string of the molecule is CC1CC2CC(C1)CC(C)(C(=O)N1CCc3cc(C(=O)NO)ccc3C1)C2. The molecule has 2 unspecified atom stereocenters. The highest BCUT2D eigenvalue weighted by atomic mass is 16.5. The molecular formula is C22H30N2O3. The van der Waals surface area contributed by atoms with Gasteiger partial charge in [0.05, 0.1) is 0 Å². The maximum atomic E-state index is 13.4. The lowest BCUT2D eigenvalue weighted by molar-refractivity contribution is -0.147. The summed E-state index contributed by atoms with van der Waals surface area (Å²) in [5.41, 5.74) is 4.12. The third kappa shape index (κ3) is 3.49. The Labute approximate surface area is 161 Å². The molecule has 3 aliphatic rings. The van der Waals surface area contributed by atoms with Gasteiger partial charge < -0.3 is 4.90 Å². The van der Waals surface area contributed by atoms with Gasteiger partial charge in [0, 0.05) is 24.1 Å². The number of hydrogen-bond donors (Lipinski definition) is 2. The normalized spacial score (nSPS) is 32.6. The van der Waals surface area contributed by atoms with Crippen LogP contribution in [0.4, 0.5) is 0 Å². The van der Waals surface area contributed by atoms with Crippen molar-refractivity contribution in [3.8, 4) is 0 Å². The second-order valence-corrected chi connectivity index (χ2v) is 9.41. The molecule has 0 saturated heterocycles. The average Bonchev–Trinajstić information content (AvgIpc) is 2.64. The highest BCUT2D eigenvalue weighted by Gasteiger charge is 2.46. The summed E-state index contributed by atoms with van der Waals surface area (Å²) < 4.78 is 0. The van der Waals surface area contributed by atoms with Crippen LogP contribution >= 0.6 is 0 Å². The molecule has 5 heteroatoms. The largest absolute Gasteiger partial charge is 0.338 e. The van der Waals surface area contributed by atoms with Crippen molar-refractivity contribution in [3.63, 3.8) is 0 Å². The van der Waals surface area contributed by atoms with Gasteiger partial charge in [0.15, 0.2) is 0 Å². The molecule has 0 aromatic heterocycles. The predicted molar refractivity (Wildman–Crippen MR) is 102 cm³/mol. The van der Waals surface area contributed by atoms with Crippen LogP contribution in [0, 0.1) is 23.2 Å². The van der Waals surface area contributed by atoms with Crippen molar-refractivity contribution in [2.75, 3.05) is 6.54 Å². The molecule has 0 radical (unpaired) electrons. The van der Waals surface area contributed by atoms with E-state index in [0.717, 1.165) is 36.3 Å². The molecule has 2 fully saturated rings. The smallest absolute Gasteiger partial charge is 0.274 e. The first-order chi connectivity index (χ1) is 12.9. The van der Waals surface area contributed by atoms with Gasteiger partial charge in [-0.25, -0.2) is 5.48 Å². The van der Waals surface area contributed by atoms with Crippen LogP contribution in [0.1, 0.15) is 67.4 Å². The van der Waals surface area contributed by atoms with E-state index in [-0.39, 0.29) is 5.41 Å². The van der Waals surface area contributed by atoms with Crippen LogP contribution in [0.5, 0.6) is 0 Å². The molecule has 0 spiro atoms. The van der Waals surface area contributed by atoms with E-state index in [4.69, 9.17) is 5.21 Å². The molecule has 2 saturated carbocycles. The number of carbonyl (C=O) groups is 2. The number of carbonyl (C=O) groups excluding carboxylic acids is 2. The van der Waals surface area contributed by atoms with Gasteiger partial charge in [0.2, 0.25) is 5.91 Å². The number of benzene rings is 1. The van der Waals surface area contributed by atoms with Crippen molar-refractivity contribution in [2.24, 2.45) is 23.2 Å². The zero-order valence-corrected chi connectivity index (χ0v) is 16.3. The van der Waals surface area contributed by atoms with Crippen molar-refractivity contribution in [1.82, 2.24) is 10.4 Å². The van der Waals surface area contributed by atoms with Gasteiger partial charge in [-0.1, -0.05) is 19.9 Å². The Morgan fingerprint density at radius 1 is 1.15 bits per heavy atom. The average molecular weight is 370 g/mol. The van der Waals surface area contributed by atoms with E-state index in [1.54, 1.807) is 11.5 Å². The third-order valence-corrected chi connectivity index (χ3v) is 7.00. The molecule has 27 heavy (non-hydrogen) atoms. The minimum Gasteiger partial charge on any atom is -0.338 e. The molecule has 1 aromatic rings. The molecule has 2 N–H and O–H groups in total. The number of hydroxylamine groups is 1. The quantitative estimate of drug-likeness (QED) is 0.618. The molecular weight excluding hydrogens is 340 g/mol. The molecule has 2 atom stereocenters. The lowest BCUT2D eigenvalue weighted by Crippen LogP contribution is -2.49. The van der Waals surface area contributed by atoms with E-state index < -0.39 is 5.91 Å². The fourth-order valence-electron chi connectivity index (χ4n) is 6.08. The summed E-state index contributed by atoms with van der Waals surface area (Å²) >= 11 is 0. The van der Waals surface area contributed by atoms with Crippen molar-refractivity contribution in [2.45, 2.75) is 58.9 Å². The maximum absolute atomic E-state index is 13.4. The summed E-state index contributed by atoms with van der Waals surface area (Å²) in [6.07, 6.45) is 6.69. The zero-order valence-electron chi connectivity index (χ0n) is 16.3. The Morgan fingerprint density at radius 2 is 1.85 bits per heavy atom. The van der Waals surface area contributed by atoms with Crippen molar-refractivity contribution >= 4 is 11.8 Å². The summed E-state index contributed by atoms with van der Waals surface area (Å²) in [5, 5.41) is 8.81. The molecule has 2 amide bonds. The molecule has 1 heterocycles. The first-order valence-electron chi connectivity index (χ1n) is 10.2. The van der Waals surface area contributed by atoms with Crippen molar-refractivity contribution < 1.29 is 14.8 Å². The summed E-state index contributed by atoms with van der Waals surface area (Å²) in [7, 11) is 0. The number of hydrogen-bond acceptors (Lipinski definition) is 3. The summed E-state index contributed by atoms with van der Waals surface area (Å²) in [5.74, 6) is 2.04. The Morgan fingerprint density at radius 3 is 2.52 bits per heavy atom. The number of nitrogens with zero attached hydrogens (tertiary/aromatic N) is 1. The van der Waals surface area contributed by atoms with Crippen molar-refractivity contribution in [1.29, 1.82) is 0 Å². The monoisotopic (exact) mass is 370 g/mol. The van der Waals surface area contributed by atoms with Gasteiger partial charge in [0.1, 0.15) is 0 Å². The molecule has 1 aromatic carbocycles. The minimum atomic E-state index is -0.494. The van der Waals surface area contributed by atoms with Crippen molar-refractivity contribution in [3.05, 3.63) is 34.9 Å². The van der Waals surface area contributed by atoms with Gasteiger partial charge in [-0.15, -0.1) is 0 Å². The molecule has 1 aliphatic heterocycles. The van der Waals surface area contributed by atoms with Crippen LogP contribution in [0.2, 0.25) is 0 Å². The standard InChI is InChI=1S/C22H30N2O3/c1-14-7-15-9-16(8-14)12-22(2,11-15)21(26)24-6-5-17-10-18(20(25)23-27)3-4-19(17)13-24/h3-4,10,14-16,27H,5-9,11-13H2,1-2H3,(H,23,25). The van der Waals surface area contributed by atoms with Gasteiger partial charge in [0.25, 0.3) is 5.91 Å². The first kappa shape index (κ1) is 18.5. The third-order valence-electron chi connectivity index (χ3n) is 7.00. The molecule has 5 nitrogen and oxygen atoms in total. The first-order valence-corrected chi connectivity index (χ1v) is 10.2. The summed E-state index contributed by atoms with van der Waals surface area (Å²) in [6, 6.07) is 5.46. The van der Waals surface area contributed by atoms with E-state index in [1.807, 2.05) is 17.0 Å². The van der Waals surface area contributed by atoms with Gasteiger partial charge in [-0.3, -0.25) is 14.8 Å². The predicted octanol–water partition coefficient (Wildman–Crippen LogP) is 3.54. The zero-order chi connectivity index (χ0) is 19.2. The Kier molecular flexibility index (Phi) is 4.75. The summed E-state index contributed by atoms with van der Waals surface area (Å²) in [6.45, 7) is 5.87. The van der Waals surface area contributed by atoms with E-state index in [9.17, 15) is 9.59 Å². The molecule has 2 bridgehead atoms. The van der Waals surface area contributed by atoms with Gasteiger partial charge >= 0.3 is 0 Å².